The van der Waals surface area contributed by atoms with Gasteiger partial charge in [-0.15, -0.1) is 0 Å². The summed E-state index contributed by atoms with van der Waals surface area (Å²) < 4.78 is 10.7. The van der Waals surface area contributed by atoms with E-state index in [2.05, 4.69) is 17.6 Å². The van der Waals surface area contributed by atoms with Gasteiger partial charge in [0.1, 0.15) is 0 Å². The Morgan fingerprint density at radius 1 is 0.955 bits per heavy atom. The SMILES string of the molecule is CCCOCCOCCNCCNCCCSCCC(=O)O. The van der Waals surface area contributed by atoms with E-state index in [-0.39, 0.29) is 6.42 Å². The number of rotatable bonds is 18. The summed E-state index contributed by atoms with van der Waals surface area (Å²) in [7, 11) is 0. The van der Waals surface area contributed by atoms with Crippen molar-refractivity contribution in [3.63, 3.8) is 0 Å². The summed E-state index contributed by atoms with van der Waals surface area (Å²) in [6.45, 7) is 8.69. The van der Waals surface area contributed by atoms with E-state index in [9.17, 15) is 4.79 Å². The van der Waals surface area contributed by atoms with Crippen LogP contribution in [0.3, 0.4) is 0 Å². The van der Waals surface area contributed by atoms with E-state index in [4.69, 9.17) is 14.6 Å². The summed E-state index contributed by atoms with van der Waals surface area (Å²) in [6.07, 6.45) is 2.38. The fourth-order valence-corrected chi connectivity index (χ4v) is 2.47. The number of ether oxygens (including phenoxy) is 2. The minimum atomic E-state index is -0.714. The van der Waals surface area contributed by atoms with Crippen molar-refractivity contribution in [1.82, 2.24) is 10.6 Å². The van der Waals surface area contributed by atoms with Crippen LogP contribution >= 0.6 is 11.8 Å². The summed E-state index contributed by atoms with van der Waals surface area (Å²) in [5.74, 6) is 1.01. The largest absolute Gasteiger partial charge is 0.481 e. The number of carbonyl (C=O) groups is 1. The van der Waals surface area contributed by atoms with Crippen LogP contribution in [-0.4, -0.2) is 75.2 Å². The van der Waals surface area contributed by atoms with Crippen LogP contribution in [0, 0.1) is 0 Å². The Balaban J connectivity index is 2.95. The maximum atomic E-state index is 10.3. The molecule has 22 heavy (non-hydrogen) atoms. The van der Waals surface area contributed by atoms with Crippen molar-refractivity contribution in [2.45, 2.75) is 26.2 Å². The highest BCUT2D eigenvalue weighted by molar-refractivity contribution is 7.99. The topological polar surface area (TPSA) is 79.8 Å². The maximum absolute atomic E-state index is 10.3. The van der Waals surface area contributed by atoms with Gasteiger partial charge in [-0.1, -0.05) is 6.92 Å². The van der Waals surface area contributed by atoms with E-state index in [1.165, 1.54) is 0 Å². The van der Waals surface area contributed by atoms with Crippen molar-refractivity contribution in [2.75, 3.05) is 64.1 Å². The predicted octanol–water partition coefficient (Wildman–Crippen LogP) is 1.21. The number of carboxylic acid groups (broad SMARTS) is 1. The van der Waals surface area contributed by atoms with E-state index in [0.717, 1.165) is 58.0 Å². The summed E-state index contributed by atoms with van der Waals surface area (Å²) in [6, 6.07) is 0. The first-order chi connectivity index (χ1) is 10.8. The van der Waals surface area contributed by atoms with Gasteiger partial charge in [0.05, 0.1) is 26.2 Å². The van der Waals surface area contributed by atoms with Gasteiger partial charge in [0.2, 0.25) is 0 Å². The number of hydrogen-bond donors (Lipinski definition) is 3. The molecule has 0 radical (unpaired) electrons. The van der Waals surface area contributed by atoms with Crippen molar-refractivity contribution >= 4 is 17.7 Å². The molecular weight excluding hydrogens is 304 g/mol. The van der Waals surface area contributed by atoms with Crippen LogP contribution in [0.5, 0.6) is 0 Å². The second-order valence-corrected chi connectivity index (χ2v) is 6.06. The van der Waals surface area contributed by atoms with Crippen molar-refractivity contribution in [2.24, 2.45) is 0 Å². The van der Waals surface area contributed by atoms with Crippen LogP contribution in [0.1, 0.15) is 26.2 Å². The highest BCUT2D eigenvalue weighted by Gasteiger charge is 1.96. The first-order valence-corrected chi connectivity index (χ1v) is 9.29. The van der Waals surface area contributed by atoms with Crippen molar-refractivity contribution in [3.8, 4) is 0 Å². The lowest BCUT2D eigenvalue weighted by Gasteiger charge is -2.07. The molecule has 0 atom stereocenters. The van der Waals surface area contributed by atoms with E-state index in [1.54, 1.807) is 11.8 Å². The molecule has 0 heterocycles. The van der Waals surface area contributed by atoms with Gasteiger partial charge in [-0.25, -0.2) is 0 Å². The number of carboxylic acids is 1. The first kappa shape index (κ1) is 21.7. The Morgan fingerprint density at radius 2 is 1.64 bits per heavy atom. The van der Waals surface area contributed by atoms with E-state index >= 15 is 0 Å². The second-order valence-electron chi connectivity index (χ2n) is 4.83. The molecule has 132 valence electrons. The lowest BCUT2D eigenvalue weighted by molar-refractivity contribution is -0.136. The number of nitrogens with one attached hydrogen (secondary N) is 2. The molecule has 3 N–H and O–H groups in total. The molecule has 6 nitrogen and oxygen atoms in total. The van der Waals surface area contributed by atoms with Gasteiger partial charge in [-0.2, -0.15) is 11.8 Å². The molecule has 0 rings (SSSR count). The zero-order chi connectivity index (χ0) is 16.3. The molecule has 0 spiro atoms. The average Bonchev–Trinajstić information content (AvgIpc) is 2.50. The fraction of sp³-hybridized carbons (Fsp3) is 0.933. The lowest BCUT2D eigenvalue weighted by Crippen LogP contribution is -2.30. The number of aliphatic carboxylic acids is 1. The van der Waals surface area contributed by atoms with Crippen LogP contribution in [0.4, 0.5) is 0 Å². The molecule has 0 fully saturated rings. The molecule has 0 saturated carbocycles. The fourth-order valence-electron chi connectivity index (χ4n) is 1.60. The molecule has 0 aliphatic heterocycles. The predicted molar refractivity (Wildman–Crippen MR) is 91.9 cm³/mol. The van der Waals surface area contributed by atoms with Gasteiger partial charge < -0.3 is 25.2 Å². The highest BCUT2D eigenvalue weighted by atomic mass is 32.2. The molecule has 0 aliphatic rings. The maximum Gasteiger partial charge on any atom is 0.304 e. The monoisotopic (exact) mass is 336 g/mol. The zero-order valence-corrected chi connectivity index (χ0v) is 14.6. The van der Waals surface area contributed by atoms with E-state index in [0.29, 0.717) is 19.0 Å². The third-order valence-corrected chi connectivity index (χ3v) is 3.79. The Bertz CT molecular complexity index is 246. The van der Waals surface area contributed by atoms with Crippen LogP contribution in [0.15, 0.2) is 0 Å². The van der Waals surface area contributed by atoms with Crippen molar-refractivity contribution < 1.29 is 19.4 Å². The normalized spacial score (nSPS) is 11.0. The van der Waals surface area contributed by atoms with Gasteiger partial charge in [0.15, 0.2) is 0 Å². The third kappa shape index (κ3) is 19.7. The summed E-state index contributed by atoms with van der Waals surface area (Å²) in [4.78, 5) is 10.3. The molecule has 0 aromatic heterocycles. The van der Waals surface area contributed by atoms with Crippen LogP contribution in [-0.2, 0) is 14.3 Å². The Labute approximate surface area is 138 Å². The zero-order valence-electron chi connectivity index (χ0n) is 13.8. The Hall–Kier alpha value is -0.340. The average molecular weight is 336 g/mol. The summed E-state index contributed by atoms with van der Waals surface area (Å²) >= 11 is 1.70. The molecular formula is C15H32N2O4S. The molecule has 7 heteroatoms. The Morgan fingerprint density at radius 3 is 2.32 bits per heavy atom. The molecule has 0 aromatic carbocycles. The summed E-state index contributed by atoms with van der Waals surface area (Å²) in [5, 5.41) is 15.2. The van der Waals surface area contributed by atoms with E-state index in [1.807, 2.05) is 0 Å². The molecule has 0 bridgehead atoms. The number of thioether (sulfide) groups is 1. The lowest BCUT2D eigenvalue weighted by atomic mass is 10.4. The Kier molecular flexibility index (Phi) is 18.4. The van der Waals surface area contributed by atoms with E-state index < -0.39 is 5.97 Å². The molecule has 0 aromatic rings. The molecule has 0 unspecified atom stereocenters. The molecule has 0 amide bonds. The van der Waals surface area contributed by atoms with Crippen LogP contribution < -0.4 is 10.6 Å². The molecule has 0 saturated heterocycles. The van der Waals surface area contributed by atoms with Gasteiger partial charge in [-0.05, 0) is 25.1 Å². The first-order valence-electron chi connectivity index (χ1n) is 8.13. The van der Waals surface area contributed by atoms with Crippen molar-refractivity contribution in [3.05, 3.63) is 0 Å². The minimum Gasteiger partial charge on any atom is -0.481 e. The second kappa shape index (κ2) is 18.7. The van der Waals surface area contributed by atoms with Gasteiger partial charge in [0.25, 0.3) is 0 Å². The van der Waals surface area contributed by atoms with Gasteiger partial charge in [0, 0.05) is 32.0 Å². The third-order valence-electron chi connectivity index (χ3n) is 2.72. The minimum absolute atomic E-state index is 0.259. The molecule has 0 aliphatic carbocycles. The highest BCUT2D eigenvalue weighted by Crippen LogP contribution is 2.03. The standard InChI is InChI=1S/C15H32N2O4S/c1-2-9-20-11-12-21-10-8-17-7-6-16-5-3-13-22-14-4-15(18)19/h16-17H,2-14H2,1H3,(H,18,19). The smallest absolute Gasteiger partial charge is 0.304 e. The van der Waals surface area contributed by atoms with Gasteiger partial charge in [-0.3, -0.25) is 4.79 Å². The van der Waals surface area contributed by atoms with Gasteiger partial charge >= 0.3 is 5.97 Å². The number of hydrogen-bond acceptors (Lipinski definition) is 6. The van der Waals surface area contributed by atoms with Crippen molar-refractivity contribution in [1.29, 1.82) is 0 Å². The van der Waals surface area contributed by atoms with Crippen LogP contribution in [0.25, 0.3) is 0 Å². The summed E-state index contributed by atoms with van der Waals surface area (Å²) in [5.41, 5.74) is 0. The van der Waals surface area contributed by atoms with Crippen LogP contribution in [0.2, 0.25) is 0 Å². The quantitative estimate of drug-likeness (QED) is 0.325.